The molecule has 4 rings (SSSR count). The lowest BCUT2D eigenvalue weighted by Gasteiger charge is -2.26. The van der Waals surface area contributed by atoms with Crippen LogP contribution in [0.15, 0.2) is 41.3 Å². The molecule has 2 aromatic carbocycles. The molecule has 1 amide bonds. The Balaban J connectivity index is 1.72. The number of anilines is 4. The van der Waals surface area contributed by atoms with E-state index in [1.807, 2.05) is 12.1 Å². The zero-order valence-corrected chi connectivity index (χ0v) is 21.3. The van der Waals surface area contributed by atoms with Crippen LogP contribution in [0, 0.1) is 0 Å². The van der Waals surface area contributed by atoms with Gasteiger partial charge in [-0.3, -0.25) is 4.79 Å². The number of amides is 1. The Hall–Kier alpha value is -3.81. The number of para-hydroxylation sites is 1. The molecule has 190 valence electrons. The standard InChI is InChI=1S/C23H28N8O4S/c1-30(2)36(33,34)19-8-6-5-7-16(19)25-22-20(21(24)32)28-29-23(27-22)26-17-11-14-9-10-31(3)13-15(14)12-18(17)35-4/h5-8,11-12H,9-10,13H2,1-4H3,(H2,24,32)(H2,25,26,27,29). The first kappa shape index (κ1) is 25.3. The summed E-state index contributed by atoms with van der Waals surface area (Å²) in [5, 5.41) is 13.9. The van der Waals surface area contributed by atoms with Crippen LogP contribution in [0.1, 0.15) is 21.6 Å². The maximum atomic E-state index is 12.8. The number of hydrogen-bond donors (Lipinski definition) is 3. The lowest BCUT2D eigenvalue weighted by atomic mass is 9.99. The Morgan fingerprint density at radius 3 is 2.56 bits per heavy atom. The molecular weight excluding hydrogens is 484 g/mol. The van der Waals surface area contributed by atoms with Crippen molar-refractivity contribution in [2.75, 3.05) is 45.4 Å². The lowest BCUT2D eigenvalue weighted by molar-refractivity contribution is 0.0995. The second-order valence-corrected chi connectivity index (χ2v) is 10.7. The van der Waals surface area contributed by atoms with Crippen LogP contribution in [-0.2, 0) is 23.0 Å². The highest BCUT2D eigenvalue weighted by Crippen LogP contribution is 2.33. The van der Waals surface area contributed by atoms with Gasteiger partial charge in [0.2, 0.25) is 16.0 Å². The number of fused-ring (bicyclic) bond motifs is 1. The average Bonchev–Trinajstić information content (AvgIpc) is 2.84. The molecule has 0 saturated carbocycles. The Labute approximate surface area is 209 Å². The molecule has 0 unspecified atom stereocenters. The van der Waals surface area contributed by atoms with Crippen molar-refractivity contribution < 1.29 is 17.9 Å². The SMILES string of the molecule is COc1cc2c(cc1Nc1nnc(C(N)=O)c(Nc3ccccc3S(=O)(=O)N(C)C)n1)CCN(C)C2. The topological polar surface area (TPSA) is 156 Å². The number of rotatable bonds is 8. The van der Waals surface area contributed by atoms with Crippen LogP contribution < -0.4 is 21.1 Å². The normalized spacial score (nSPS) is 13.8. The second-order valence-electron chi connectivity index (χ2n) is 8.54. The van der Waals surface area contributed by atoms with Gasteiger partial charge in [-0.2, -0.15) is 4.98 Å². The molecule has 1 aliphatic heterocycles. The third-order valence-electron chi connectivity index (χ3n) is 5.79. The fourth-order valence-corrected chi connectivity index (χ4v) is 4.91. The van der Waals surface area contributed by atoms with Gasteiger partial charge in [-0.25, -0.2) is 12.7 Å². The van der Waals surface area contributed by atoms with Gasteiger partial charge in [0.1, 0.15) is 10.6 Å². The van der Waals surface area contributed by atoms with Gasteiger partial charge < -0.3 is 26.0 Å². The summed E-state index contributed by atoms with van der Waals surface area (Å²) >= 11 is 0. The predicted octanol–water partition coefficient (Wildman–Crippen LogP) is 1.70. The molecule has 0 spiro atoms. The van der Waals surface area contributed by atoms with E-state index in [1.54, 1.807) is 25.3 Å². The minimum Gasteiger partial charge on any atom is -0.495 e. The summed E-state index contributed by atoms with van der Waals surface area (Å²) in [7, 11) is 2.71. The number of ether oxygens (including phenoxy) is 1. The molecular formula is C23H28N8O4S. The van der Waals surface area contributed by atoms with E-state index in [0.717, 1.165) is 23.8 Å². The van der Waals surface area contributed by atoms with E-state index >= 15 is 0 Å². The van der Waals surface area contributed by atoms with Crippen molar-refractivity contribution in [3.05, 3.63) is 53.2 Å². The number of nitrogens with zero attached hydrogens (tertiary/aromatic N) is 5. The van der Waals surface area contributed by atoms with Crippen molar-refractivity contribution in [1.29, 1.82) is 0 Å². The van der Waals surface area contributed by atoms with Gasteiger partial charge in [0.05, 0.1) is 18.5 Å². The molecule has 0 atom stereocenters. The number of carbonyl (C=O) groups is 1. The Bertz CT molecular complexity index is 1410. The minimum absolute atomic E-state index is 0.000124. The molecule has 0 bridgehead atoms. The Morgan fingerprint density at radius 1 is 1.11 bits per heavy atom. The third-order valence-corrected chi connectivity index (χ3v) is 7.66. The van der Waals surface area contributed by atoms with E-state index in [1.165, 1.54) is 31.3 Å². The summed E-state index contributed by atoms with van der Waals surface area (Å²) in [5.74, 6) is -0.238. The molecule has 0 fully saturated rings. The molecule has 2 heterocycles. The minimum atomic E-state index is -3.79. The molecule has 4 N–H and O–H groups in total. The first-order valence-corrected chi connectivity index (χ1v) is 12.5. The fraction of sp³-hybridized carbons (Fsp3) is 0.304. The van der Waals surface area contributed by atoms with Crippen LogP contribution >= 0.6 is 0 Å². The number of nitrogens with two attached hydrogens (primary N) is 1. The van der Waals surface area contributed by atoms with Crippen LogP contribution in [0.5, 0.6) is 5.75 Å². The maximum absolute atomic E-state index is 12.8. The molecule has 3 aromatic rings. The van der Waals surface area contributed by atoms with Gasteiger partial charge in [0, 0.05) is 27.2 Å². The number of hydrogen-bond acceptors (Lipinski definition) is 10. The average molecular weight is 513 g/mol. The number of benzene rings is 2. The number of nitrogens with one attached hydrogen (secondary N) is 2. The van der Waals surface area contributed by atoms with Crippen molar-refractivity contribution in [2.45, 2.75) is 17.9 Å². The van der Waals surface area contributed by atoms with Crippen molar-refractivity contribution >= 4 is 39.1 Å². The summed E-state index contributed by atoms with van der Waals surface area (Å²) in [6.45, 7) is 1.76. The van der Waals surface area contributed by atoms with E-state index in [-0.39, 0.29) is 28.0 Å². The summed E-state index contributed by atoms with van der Waals surface area (Å²) in [4.78, 5) is 18.6. The van der Waals surface area contributed by atoms with Gasteiger partial charge in [0.15, 0.2) is 11.5 Å². The van der Waals surface area contributed by atoms with E-state index in [0.29, 0.717) is 11.4 Å². The van der Waals surface area contributed by atoms with Crippen LogP contribution in [0.2, 0.25) is 0 Å². The predicted molar refractivity (Wildman–Crippen MR) is 135 cm³/mol. The number of sulfonamides is 1. The number of aromatic nitrogens is 3. The highest BCUT2D eigenvalue weighted by molar-refractivity contribution is 7.89. The first-order valence-electron chi connectivity index (χ1n) is 11.1. The van der Waals surface area contributed by atoms with Crippen molar-refractivity contribution in [2.24, 2.45) is 5.73 Å². The van der Waals surface area contributed by atoms with Crippen molar-refractivity contribution in [1.82, 2.24) is 24.4 Å². The number of likely N-dealkylation sites (N-methyl/N-ethyl adjacent to an activating group) is 1. The molecule has 0 radical (unpaired) electrons. The van der Waals surface area contributed by atoms with Crippen molar-refractivity contribution in [3.8, 4) is 5.75 Å². The second kappa shape index (κ2) is 10.0. The maximum Gasteiger partial charge on any atom is 0.273 e. The molecule has 12 nitrogen and oxygen atoms in total. The molecule has 0 saturated heterocycles. The van der Waals surface area contributed by atoms with Crippen molar-refractivity contribution in [3.63, 3.8) is 0 Å². The van der Waals surface area contributed by atoms with Crippen LogP contribution in [-0.4, -0.2) is 73.5 Å². The van der Waals surface area contributed by atoms with E-state index in [4.69, 9.17) is 10.5 Å². The summed E-state index contributed by atoms with van der Waals surface area (Å²) in [6.07, 6.45) is 0.883. The van der Waals surface area contributed by atoms with E-state index in [2.05, 4.69) is 37.8 Å². The third kappa shape index (κ3) is 5.08. The summed E-state index contributed by atoms with van der Waals surface area (Å²) in [5.41, 5.74) is 8.44. The van der Waals surface area contributed by atoms with Gasteiger partial charge in [-0.15, -0.1) is 10.2 Å². The highest BCUT2D eigenvalue weighted by Gasteiger charge is 2.24. The summed E-state index contributed by atoms with van der Waals surface area (Å²) in [6, 6.07) is 10.2. The molecule has 36 heavy (non-hydrogen) atoms. The van der Waals surface area contributed by atoms with Crippen LogP contribution in [0.25, 0.3) is 0 Å². The Kier molecular flexibility index (Phi) is 7.06. The van der Waals surface area contributed by atoms with E-state index in [9.17, 15) is 13.2 Å². The molecule has 1 aromatic heterocycles. The van der Waals surface area contributed by atoms with Crippen LogP contribution in [0.3, 0.4) is 0 Å². The smallest absolute Gasteiger partial charge is 0.273 e. The van der Waals surface area contributed by atoms with E-state index < -0.39 is 15.9 Å². The highest BCUT2D eigenvalue weighted by atomic mass is 32.2. The fourth-order valence-electron chi connectivity index (χ4n) is 3.87. The molecule has 13 heteroatoms. The van der Waals surface area contributed by atoms with Gasteiger partial charge in [-0.05, 0) is 48.9 Å². The summed E-state index contributed by atoms with van der Waals surface area (Å²) < 4.78 is 32.2. The van der Waals surface area contributed by atoms with Gasteiger partial charge in [-0.1, -0.05) is 12.1 Å². The molecule has 1 aliphatic rings. The quantitative estimate of drug-likeness (QED) is 0.406. The number of carbonyl (C=O) groups excluding carboxylic acids is 1. The zero-order valence-electron chi connectivity index (χ0n) is 20.4. The number of methoxy groups -OCH3 is 1. The molecule has 0 aliphatic carbocycles. The largest absolute Gasteiger partial charge is 0.495 e. The Morgan fingerprint density at radius 2 is 1.86 bits per heavy atom. The monoisotopic (exact) mass is 512 g/mol. The number of primary amides is 1. The van der Waals surface area contributed by atoms with Gasteiger partial charge in [0.25, 0.3) is 5.91 Å². The van der Waals surface area contributed by atoms with Gasteiger partial charge >= 0.3 is 0 Å². The first-order chi connectivity index (χ1) is 17.1. The van der Waals surface area contributed by atoms with Crippen LogP contribution in [0.4, 0.5) is 23.1 Å². The zero-order chi connectivity index (χ0) is 26.0. The lowest BCUT2D eigenvalue weighted by Crippen LogP contribution is -2.26.